The van der Waals surface area contributed by atoms with Gasteiger partial charge in [0.25, 0.3) is 0 Å². The van der Waals surface area contributed by atoms with Crippen LogP contribution in [0.15, 0.2) is 23.3 Å². The third-order valence-corrected chi connectivity index (χ3v) is 12.0. The third-order valence-electron chi connectivity index (χ3n) is 12.0. The Kier molecular flexibility index (Phi) is 5.53. The van der Waals surface area contributed by atoms with Crippen LogP contribution in [0.5, 0.6) is 0 Å². The Morgan fingerprint density at radius 2 is 1.87 bits per heavy atom. The summed E-state index contributed by atoms with van der Waals surface area (Å²) in [6.07, 6.45) is 3.78. The number of hydrogen-bond donors (Lipinski definition) is 2. The van der Waals surface area contributed by atoms with Gasteiger partial charge in [0, 0.05) is 24.8 Å². The van der Waals surface area contributed by atoms with E-state index in [4.69, 9.17) is 14.2 Å². The van der Waals surface area contributed by atoms with E-state index in [9.17, 15) is 24.6 Å². The highest BCUT2D eigenvalue weighted by atomic mass is 16.7. The van der Waals surface area contributed by atoms with E-state index in [1.54, 1.807) is 13.8 Å². The van der Waals surface area contributed by atoms with Gasteiger partial charge >= 0.3 is 11.9 Å². The Morgan fingerprint density at radius 1 is 1.16 bits per heavy atom. The van der Waals surface area contributed by atoms with E-state index in [2.05, 4.69) is 6.92 Å². The maximum absolute atomic E-state index is 13.5. The van der Waals surface area contributed by atoms with Crippen LogP contribution in [0.25, 0.3) is 0 Å². The van der Waals surface area contributed by atoms with Crippen LogP contribution in [0.4, 0.5) is 0 Å². The molecule has 4 aliphatic carbocycles. The van der Waals surface area contributed by atoms with Gasteiger partial charge in [0.05, 0.1) is 5.41 Å². The molecule has 12 atom stereocenters. The van der Waals surface area contributed by atoms with Crippen molar-refractivity contribution >= 4 is 17.7 Å². The summed E-state index contributed by atoms with van der Waals surface area (Å²) in [5.74, 6) is -1.19. The van der Waals surface area contributed by atoms with E-state index in [-0.39, 0.29) is 40.8 Å². The van der Waals surface area contributed by atoms with Crippen LogP contribution in [0, 0.1) is 34.5 Å². The third kappa shape index (κ3) is 3.05. The van der Waals surface area contributed by atoms with Gasteiger partial charge < -0.3 is 24.4 Å². The zero-order valence-corrected chi connectivity index (χ0v) is 23.2. The Bertz CT molecular complexity index is 1170. The summed E-state index contributed by atoms with van der Waals surface area (Å²) in [7, 11) is 0. The lowest BCUT2D eigenvalue weighted by Crippen LogP contribution is -2.68. The zero-order chi connectivity index (χ0) is 27.6. The van der Waals surface area contributed by atoms with Crippen molar-refractivity contribution in [1.29, 1.82) is 0 Å². The molecule has 0 radical (unpaired) electrons. The molecule has 6 aliphatic rings. The quantitative estimate of drug-likeness (QED) is 0.423. The van der Waals surface area contributed by atoms with Gasteiger partial charge in [0.2, 0.25) is 0 Å². The monoisotopic (exact) mass is 528 g/mol. The number of esters is 2. The molecule has 0 aromatic heterocycles. The number of hydrogen-bond acceptors (Lipinski definition) is 8. The summed E-state index contributed by atoms with van der Waals surface area (Å²) in [6, 6.07) is 0. The van der Waals surface area contributed by atoms with Crippen LogP contribution in [-0.2, 0) is 28.6 Å². The average Bonchev–Trinajstić information content (AvgIpc) is 3.50. The summed E-state index contributed by atoms with van der Waals surface area (Å²) in [5.41, 5.74) is -2.02. The number of epoxide rings is 1. The Balaban J connectivity index is 1.38. The predicted molar refractivity (Wildman–Crippen MR) is 135 cm³/mol. The first-order valence-corrected chi connectivity index (χ1v) is 14.1. The van der Waals surface area contributed by atoms with Gasteiger partial charge in [-0.2, -0.15) is 0 Å². The van der Waals surface area contributed by atoms with Crippen LogP contribution in [-0.4, -0.2) is 63.6 Å². The molecular formula is C30H40O8. The highest BCUT2D eigenvalue weighted by molar-refractivity contribution is 5.98. The number of ketones is 1. The fraction of sp³-hybridized carbons (Fsp3) is 0.767. The number of allylic oxidation sites excluding steroid dienone is 1. The molecule has 3 saturated carbocycles. The number of carbonyl (C=O) groups excluding carboxylic acids is 3. The number of aliphatic hydroxyl groups excluding tert-OH is 1. The van der Waals surface area contributed by atoms with Gasteiger partial charge in [0.1, 0.15) is 35.6 Å². The molecule has 2 aliphatic heterocycles. The molecule has 1 spiro atoms. The molecule has 0 amide bonds. The van der Waals surface area contributed by atoms with Gasteiger partial charge in [-0.05, 0) is 88.7 Å². The number of rotatable bonds is 3. The second-order valence-corrected chi connectivity index (χ2v) is 13.5. The van der Waals surface area contributed by atoms with E-state index in [0.29, 0.717) is 18.4 Å². The molecule has 6 rings (SSSR count). The number of ether oxygens (including phenoxy) is 3. The van der Waals surface area contributed by atoms with Crippen LogP contribution in [0.2, 0.25) is 0 Å². The lowest BCUT2D eigenvalue weighted by atomic mass is 9.43. The first kappa shape index (κ1) is 26.2. The predicted octanol–water partition coefficient (Wildman–Crippen LogP) is 3.04. The Morgan fingerprint density at radius 3 is 2.53 bits per heavy atom. The summed E-state index contributed by atoms with van der Waals surface area (Å²) >= 11 is 0. The van der Waals surface area contributed by atoms with Crippen molar-refractivity contribution in [3.8, 4) is 0 Å². The fourth-order valence-corrected chi connectivity index (χ4v) is 9.85. The van der Waals surface area contributed by atoms with Crippen LogP contribution in [0.1, 0.15) is 73.6 Å². The zero-order valence-electron chi connectivity index (χ0n) is 23.2. The van der Waals surface area contributed by atoms with Crippen LogP contribution < -0.4 is 0 Å². The average molecular weight is 529 g/mol. The van der Waals surface area contributed by atoms with E-state index < -0.39 is 47.0 Å². The fourth-order valence-electron chi connectivity index (χ4n) is 9.85. The molecule has 38 heavy (non-hydrogen) atoms. The van der Waals surface area contributed by atoms with Gasteiger partial charge in [-0.3, -0.25) is 9.59 Å². The van der Waals surface area contributed by atoms with Crippen molar-refractivity contribution in [2.24, 2.45) is 34.5 Å². The standard InChI is InChI=1S/C30H40O8/c1-14-13-22(37-26(34)15(14)2)29(6,35)19-8-7-17-23-18(11-12-27(17,19)4)28(5)20(32)9-10-21(33)30(28)25(38-30)24(23)36-16(3)31/h9-10,17-19,21-25,33,35H,7-8,11-13H2,1-6H3/t17-,18-,19-,21-,22-,23+,24-,25-,27+,28-,29-,30-/m1/s1. The molecule has 2 heterocycles. The SMILES string of the molecule is CC(=O)O[C@@H]1[C@H]2[C@H]3CC[C@@H]([C@@](C)(O)[C@H]4CC(C)=C(C)C(=O)O4)[C@@]3(C)CC[C@H]2[C@]2(C)C(=O)C=C[C@@H](O)[C@]23O[C@H]13. The highest BCUT2D eigenvalue weighted by Gasteiger charge is 2.84. The summed E-state index contributed by atoms with van der Waals surface area (Å²) in [6.45, 7) is 11.0. The lowest BCUT2D eigenvalue weighted by Gasteiger charge is -2.60. The summed E-state index contributed by atoms with van der Waals surface area (Å²) in [4.78, 5) is 38.4. The molecule has 208 valence electrons. The topological polar surface area (TPSA) is 123 Å². The van der Waals surface area contributed by atoms with Gasteiger partial charge in [-0.25, -0.2) is 4.79 Å². The van der Waals surface area contributed by atoms with Crippen molar-refractivity contribution in [3.63, 3.8) is 0 Å². The molecule has 0 aromatic rings. The van der Waals surface area contributed by atoms with Crippen molar-refractivity contribution < 1.29 is 38.8 Å². The molecule has 8 nitrogen and oxygen atoms in total. The minimum Gasteiger partial charge on any atom is -0.459 e. The first-order chi connectivity index (χ1) is 17.7. The first-order valence-electron chi connectivity index (χ1n) is 14.1. The number of aliphatic hydroxyl groups is 2. The second-order valence-electron chi connectivity index (χ2n) is 13.5. The van der Waals surface area contributed by atoms with Crippen molar-refractivity contribution in [2.45, 2.75) is 109 Å². The van der Waals surface area contributed by atoms with Crippen LogP contribution >= 0.6 is 0 Å². The smallest absolute Gasteiger partial charge is 0.334 e. The summed E-state index contributed by atoms with van der Waals surface area (Å²) in [5, 5.41) is 23.1. The van der Waals surface area contributed by atoms with Gasteiger partial charge in [-0.15, -0.1) is 0 Å². The Hall–Kier alpha value is -2.03. The maximum atomic E-state index is 13.5. The van der Waals surface area contributed by atoms with E-state index in [1.165, 1.54) is 19.1 Å². The van der Waals surface area contributed by atoms with Gasteiger partial charge in [-0.1, -0.05) is 12.5 Å². The normalized spacial score (nSPS) is 50.7. The van der Waals surface area contributed by atoms with Crippen molar-refractivity contribution in [2.75, 3.05) is 0 Å². The molecule has 4 fully saturated rings. The number of cyclic esters (lactones) is 1. The van der Waals surface area contributed by atoms with E-state index in [0.717, 1.165) is 24.8 Å². The molecule has 0 bridgehead atoms. The molecule has 8 heteroatoms. The highest BCUT2D eigenvalue weighted by Crippen LogP contribution is 2.73. The second kappa shape index (κ2) is 8.01. The molecule has 1 saturated heterocycles. The van der Waals surface area contributed by atoms with Crippen LogP contribution in [0.3, 0.4) is 0 Å². The molecule has 0 unspecified atom stereocenters. The molecule has 0 aromatic carbocycles. The molecular weight excluding hydrogens is 488 g/mol. The van der Waals surface area contributed by atoms with E-state index >= 15 is 0 Å². The van der Waals surface area contributed by atoms with Crippen molar-refractivity contribution in [1.82, 2.24) is 0 Å². The van der Waals surface area contributed by atoms with E-state index in [1.807, 2.05) is 13.8 Å². The minimum atomic E-state index is -1.25. The number of fused-ring (bicyclic) bond motifs is 4. The lowest BCUT2D eigenvalue weighted by molar-refractivity contribution is -0.195. The largest absolute Gasteiger partial charge is 0.459 e. The summed E-state index contributed by atoms with van der Waals surface area (Å²) < 4.78 is 18.0. The van der Waals surface area contributed by atoms with Crippen molar-refractivity contribution in [3.05, 3.63) is 23.3 Å². The molecule has 2 N–H and O–H groups in total. The number of carbonyl (C=O) groups is 3. The maximum Gasteiger partial charge on any atom is 0.334 e. The Labute approximate surface area is 223 Å². The van der Waals surface area contributed by atoms with Gasteiger partial charge in [0.15, 0.2) is 5.78 Å². The minimum absolute atomic E-state index is 0.0431.